The average Bonchev–Trinajstić information content (AvgIpc) is 3.18. The SMILES string of the molecule is O=C(C1CCCC1)N1CC[C@H](NCc2sccc2Cl)C1. The lowest BCUT2D eigenvalue weighted by Crippen LogP contribution is -2.37. The van der Waals surface area contributed by atoms with Crippen LogP contribution >= 0.6 is 22.9 Å². The minimum atomic E-state index is 0.306. The first-order chi connectivity index (χ1) is 9.74. The summed E-state index contributed by atoms with van der Waals surface area (Å²) in [5.41, 5.74) is 0. The fourth-order valence-corrected chi connectivity index (χ4v) is 4.30. The zero-order valence-corrected chi connectivity index (χ0v) is 13.2. The van der Waals surface area contributed by atoms with Gasteiger partial charge in [-0.25, -0.2) is 0 Å². The molecule has 1 saturated heterocycles. The number of nitrogens with one attached hydrogen (secondary N) is 1. The second kappa shape index (κ2) is 6.46. The number of rotatable bonds is 4. The van der Waals surface area contributed by atoms with Gasteiger partial charge in [-0.05, 0) is 30.7 Å². The normalized spacial score (nSPS) is 23.6. The lowest BCUT2D eigenvalue weighted by molar-refractivity contribution is -0.134. The van der Waals surface area contributed by atoms with Crippen molar-refractivity contribution in [2.45, 2.75) is 44.7 Å². The van der Waals surface area contributed by atoms with Crippen LogP contribution in [0.15, 0.2) is 11.4 Å². The Hall–Kier alpha value is -0.580. The second-order valence-corrected chi connectivity index (χ2v) is 7.23. The van der Waals surface area contributed by atoms with Crippen LogP contribution in [0, 0.1) is 5.92 Å². The molecule has 20 heavy (non-hydrogen) atoms. The van der Waals surface area contributed by atoms with E-state index in [2.05, 4.69) is 10.2 Å². The Morgan fingerprint density at radius 3 is 2.90 bits per heavy atom. The zero-order valence-electron chi connectivity index (χ0n) is 11.6. The van der Waals surface area contributed by atoms with E-state index in [1.54, 1.807) is 11.3 Å². The van der Waals surface area contributed by atoms with Crippen molar-refractivity contribution in [3.05, 3.63) is 21.3 Å². The third-order valence-electron chi connectivity index (χ3n) is 4.45. The minimum absolute atomic E-state index is 0.306. The van der Waals surface area contributed by atoms with Crippen molar-refractivity contribution >= 4 is 28.8 Å². The number of carbonyl (C=O) groups excluding carboxylic acids is 1. The van der Waals surface area contributed by atoms with Crippen LogP contribution in [0.4, 0.5) is 0 Å². The van der Waals surface area contributed by atoms with Gasteiger partial charge in [0, 0.05) is 36.5 Å². The highest BCUT2D eigenvalue weighted by Gasteiger charge is 2.32. The zero-order chi connectivity index (χ0) is 13.9. The molecule has 2 heterocycles. The molecular weight excluding hydrogens is 292 g/mol. The molecule has 2 fully saturated rings. The summed E-state index contributed by atoms with van der Waals surface area (Å²) in [5, 5.41) is 6.40. The van der Waals surface area contributed by atoms with Gasteiger partial charge in [0.25, 0.3) is 0 Å². The van der Waals surface area contributed by atoms with Gasteiger partial charge < -0.3 is 10.2 Å². The fraction of sp³-hybridized carbons (Fsp3) is 0.667. The van der Waals surface area contributed by atoms with Gasteiger partial charge in [0.1, 0.15) is 0 Å². The Balaban J connectivity index is 1.47. The molecule has 2 aliphatic rings. The van der Waals surface area contributed by atoms with Gasteiger partial charge in [0.05, 0.1) is 5.02 Å². The topological polar surface area (TPSA) is 32.3 Å². The third-order valence-corrected chi connectivity index (χ3v) is 5.83. The molecule has 5 heteroatoms. The molecule has 0 spiro atoms. The van der Waals surface area contributed by atoms with Gasteiger partial charge in [-0.15, -0.1) is 11.3 Å². The maximum atomic E-state index is 12.4. The van der Waals surface area contributed by atoms with Gasteiger partial charge in [0.15, 0.2) is 0 Å². The van der Waals surface area contributed by atoms with Crippen LogP contribution in [-0.4, -0.2) is 29.9 Å². The molecule has 1 N–H and O–H groups in total. The van der Waals surface area contributed by atoms with E-state index >= 15 is 0 Å². The summed E-state index contributed by atoms with van der Waals surface area (Å²) in [5.74, 6) is 0.696. The number of hydrogen-bond acceptors (Lipinski definition) is 3. The number of amides is 1. The summed E-state index contributed by atoms with van der Waals surface area (Å²) in [7, 11) is 0. The van der Waals surface area contributed by atoms with Crippen LogP contribution < -0.4 is 5.32 Å². The van der Waals surface area contributed by atoms with Crippen LogP contribution in [-0.2, 0) is 11.3 Å². The highest BCUT2D eigenvalue weighted by molar-refractivity contribution is 7.10. The smallest absolute Gasteiger partial charge is 0.225 e. The molecule has 1 atom stereocenters. The summed E-state index contributed by atoms with van der Waals surface area (Å²) in [6.07, 6.45) is 5.70. The van der Waals surface area contributed by atoms with E-state index in [1.165, 1.54) is 17.7 Å². The molecule has 0 unspecified atom stereocenters. The Morgan fingerprint density at radius 2 is 2.20 bits per heavy atom. The van der Waals surface area contributed by atoms with E-state index in [-0.39, 0.29) is 0 Å². The molecule has 110 valence electrons. The van der Waals surface area contributed by atoms with Crippen molar-refractivity contribution in [1.82, 2.24) is 10.2 Å². The molecule has 1 aromatic rings. The predicted octanol–water partition coefficient (Wildman–Crippen LogP) is 3.28. The lowest BCUT2D eigenvalue weighted by Gasteiger charge is -2.20. The Morgan fingerprint density at radius 1 is 1.40 bits per heavy atom. The monoisotopic (exact) mass is 312 g/mol. The quantitative estimate of drug-likeness (QED) is 0.925. The van der Waals surface area contributed by atoms with E-state index in [0.717, 1.165) is 43.9 Å². The van der Waals surface area contributed by atoms with E-state index in [0.29, 0.717) is 17.9 Å². The second-order valence-electron chi connectivity index (χ2n) is 5.82. The first-order valence-electron chi connectivity index (χ1n) is 7.48. The standard InChI is InChI=1S/C15H21ClN2OS/c16-13-6-8-20-14(13)9-17-12-5-7-18(10-12)15(19)11-3-1-2-4-11/h6,8,11-12,17H,1-5,7,9-10H2/t12-/m0/s1. The summed E-state index contributed by atoms with van der Waals surface area (Å²) < 4.78 is 0. The van der Waals surface area contributed by atoms with Gasteiger partial charge in [-0.3, -0.25) is 4.79 Å². The largest absolute Gasteiger partial charge is 0.341 e. The highest BCUT2D eigenvalue weighted by atomic mass is 35.5. The number of carbonyl (C=O) groups is 1. The molecule has 1 aromatic heterocycles. The van der Waals surface area contributed by atoms with Crippen LogP contribution in [0.2, 0.25) is 5.02 Å². The Kier molecular flexibility index (Phi) is 4.64. The van der Waals surface area contributed by atoms with Crippen LogP contribution in [0.25, 0.3) is 0 Å². The maximum Gasteiger partial charge on any atom is 0.225 e. The predicted molar refractivity (Wildman–Crippen MR) is 83.1 cm³/mol. The van der Waals surface area contributed by atoms with Gasteiger partial charge in [-0.1, -0.05) is 24.4 Å². The van der Waals surface area contributed by atoms with Gasteiger partial charge in [-0.2, -0.15) is 0 Å². The van der Waals surface area contributed by atoms with Crippen molar-refractivity contribution < 1.29 is 4.79 Å². The highest BCUT2D eigenvalue weighted by Crippen LogP contribution is 2.28. The van der Waals surface area contributed by atoms with Crippen molar-refractivity contribution in [3.63, 3.8) is 0 Å². The molecule has 1 amide bonds. The van der Waals surface area contributed by atoms with Gasteiger partial charge in [0.2, 0.25) is 5.91 Å². The fourth-order valence-electron chi connectivity index (χ4n) is 3.25. The molecule has 1 saturated carbocycles. The van der Waals surface area contributed by atoms with E-state index in [9.17, 15) is 4.79 Å². The summed E-state index contributed by atoms with van der Waals surface area (Å²) >= 11 is 7.78. The van der Waals surface area contributed by atoms with E-state index in [1.807, 2.05) is 11.4 Å². The van der Waals surface area contributed by atoms with Crippen molar-refractivity contribution in [1.29, 1.82) is 0 Å². The molecule has 0 radical (unpaired) electrons. The number of nitrogens with zero attached hydrogens (tertiary/aromatic N) is 1. The molecular formula is C15H21ClN2OS. The number of likely N-dealkylation sites (tertiary alicyclic amines) is 1. The number of halogens is 1. The molecule has 0 aromatic carbocycles. The van der Waals surface area contributed by atoms with Crippen LogP contribution in [0.1, 0.15) is 37.0 Å². The average molecular weight is 313 g/mol. The van der Waals surface area contributed by atoms with E-state index < -0.39 is 0 Å². The number of hydrogen-bond donors (Lipinski definition) is 1. The Labute approximate surface area is 129 Å². The Bertz CT molecular complexity index is 470. The molecule has 3 rings (SSSR count). The third kappa shape index (κ3) is 3.18. The molecule has 1 aliphatic carbocycles. The summed E-state index contributed by atoms with van der Waals surface area (Å²) in [6.45, 7) is 2.58. The van der Waals surface area contributed by atoms with Crippen LogP contribution in [0.5, 0.6) is 0 Å². The van der Waals surface area contributed by atoms with E-state index in [4.69, 9.17) is 11.6 Å². The number of thiophene rings is 1. The lowest BCUT2D eigenvalue weighted by atomic mass is 10.1. The van der Waals surface area contributed by atoms with Crippen molar-refractivity contribution in [3.8, 4) is 0 Å². The summed E-state index contributed by atoms with van der Waals surface area (Å²) in [6, 6.07) is 2.35. The van der Waals surface area contributed by atoms with Crippen LogP contribution in [0.3, 0.4) is 0 Å². The van der Waals surface area contributed by atoms with Crippen molar-refractivity contribution in [2.24, 2.45) is 5.92 Å². The molecule has 1 aliphatic heterocycles. The molecule has 3 nitrogen and oxygen atoms in total. The first kappa shape index (κ1) is 14.4. The van der Waals surface area contributed by atoms with Gasteiger partial charge >= 0.3 is 0 Å². The maximum absolute atomic E-state index is 12.4. The minimum Gasteiger partial charge on any atom is -0.341 e. The first-order valence-corrected chi connectivity index (χ1v) is 8.74. The summed E-state index contributed by atoms with van der Waals surface area (Å²) in [4.78, 5) is 15.6. The molecule has 0 bridgehead atoms. The van der Waals surface area contributed by atoms with Crippen molar-refractivity contribution in [2.75, 3.05) is 13.1 Å².